The van der Waals surface area contributed by atoms with Gasteiger partial charge in [0.2, 0.25) is 0 Å². The number of likely N-dealkylation sites (tertiary alicyclic amines) is 1. The maximum Gasteiger partial charge on any atom is 0.328 e. The van der Waals surface area contributed by atoms with Crippen molar-refractivity contribution in [3.05, 3.63) is 66.2 Å². The molecular weight excluding hydrogens is 320 g/mol. The molecule has 0 spiro atoms. The topological polar surface area (TPSA) is 81.7 Å². The van der Waals surface area contributed by atoms with Crippen molar-refractivity contribution in [3.8, 4) is 0 Å². The molecule has 3 aliphatic rings. The molecule has 1 atom stereocenters. The van der Waals surface area contributed by atoms with Crippen LogP contribution >= 0.6 is 0 Å². The van der Waals surface area contributed by atoms with E-state index in [0.717, 1.165) is 18.4 Å². The fraction of sp³-hybridized carbons (Fsp3) is 0.333. The standard InChI is InChI=1S/C18H20N4O3/c23-17(22-9-7-18(24,13-22)16-6-8-19-20-16)21-10-11-25-15(12-21)14-4-2-1-3-5-14/h1-2,4,6,8,10-12,24H,3,5,7,9,13H2,(H,19,20). The van der Waals surface area contributed by atoms with Gasteiger partial charge in [-0.3, -0.25) is 10.00 Å². The second-order valence-electron chi connectivity index (χ2n) is 6.42. The maximum absolute atomic E-state index is 12.8. The molecule has 0 radical (unpaired) electrons. The first kappa shape index (κ1) is 15.7. The molecule has 25 heavy (non-hydrogen) atoms. The van der Waals surface area contributed by atoms with Crippen LogP contribution in [-0.2, 0) is 10.3 Å². The quantitative estimate of drug-likeness (QED) is 0.866. The molecule has 7 nitrogen and oxygen atoms in total. The Morgan fingerprint density at radius 2 is 2.36 bits per heavy atom. The number of nitrogens with one attached hydrogen (secondary N) is 1. The van der Waals surface area contributed by atoms with E-state index in [0.29, 0.717) is 24.4 Å². The molecule has 2 N–H and O–H groups in total. The molecular formula is C18H20N4O3. The third-order valence-corrected chi connectivity index (χ3v) is 4.74. The van der Waals surface area contributed by atoms with Crippen molar-refractivity contribution in [2.24, 2.45) is 0 Å². The molecule has 2 amide bonds. The number of hydrogen-bond donors (Lipinski definition) is 2. The summed E-state index contributed by atoms with van der Waals surface area (Å²) in [5, 5.41) is 17.4. The van der Waals surface area contributed by atoms with Crippen LogP contribution in [0.25, 0.3) is 0 Å². The Morgan fingerprint density at radius 3 is 3.12 bits per heavy atom. The van der Waals surface area contributed by atoms with Gasteiger partial charge in [0, 0.05) is 25.4 Å². The summed E-state index contributed by atoms with van der Waals surface area (Å²) >= 11 is 0. The third-order valence-electron chi connectivity index (χ3n) is 4.74. The molecule has 0 saturated carbocycles. The van der Waals surface area contributed by atoms with Crippen LogP contribution < -0.4 is 0 Å². The van der Waals surface area contributed by atoms with E-state index in [1.807, 2.05) is 12.2 Å². The largest absolute Gasteiger partial charge is 0.462 e. The van der Waals surface area contributed by atoms with Crippen molar-refractivity contribution in [2.45, 2.75) is 24.9 Å². The number of nitrogens with zero attached hydrogens (tertiary/aromatic N) is 3. The summed E-state index contributed by atoms with van der Waals surface area (Å²) < 4.78 is 5.56. The average Bonchev–Trinajstić information content (AvgIpc) is 3.33. The van der Waals surface area contributed by atoms with E-state index in [4.69, 9.17) is 4.74 Å². The molecule has 1 saturated heterocycles. The summed E-state index contributed by atoms with van der Waals surface area (Å²) in [6.45, 7) is 0.710. The predicted octanol–water partition coefficient (Wildman–Crippen LogP) is 2.34. The molecule has 0 bridgehead atoms. The van der Waals surface area contributed by atoms with E-state index >= 15 is 0 Å². The monoisotopic (exact) mass is 340 g/mol. The van der Waals surface area contributed by atoms with E-state index in [1.165, 1.54) is 11.2 Å². The lowest BCUT2D eigenvalue weighted by molar-refractivity contribution is 0.0440. The van der Waals surface area contributed by atoms with Crippen molar-refractivity contribution >= 4 is 6.03 Å². The number of β-amino-alcohol motifs (C(OH)–C–C–N with tert-alkyl or cyclic N) is 1. The minimum absolute atomic E-state index is 0.181. The highest BCUT2D eigenvalue weighted by Gasteiger charge is 2.41. The van der Waals surface area contributed by atoms with Gasteiger partial charge < -0.3 is 14.7 Å². The molecule has 1 unspecified atom stereocenters. The Labute approximate surface area is 145 Å². The van der Waals surface area contributed by atoms with Crippen molar-refractivity contribution in [1.29, 1.82) is 0 Å². The van der Waals surface area contributed by atoms with E-state index in [2.05, 4.69) is 16.3 Å². The summed E-state index contributed by atoms with van der Waals surface area (Å²) in [6.07, 6.45) is 14.9. The summed E-state index contributed by atoms with van der Waals surface area (Å²) in [5.41, 5.74) is 0.626. The Hall–Kier alpha value is -2.80. The van der Waals surface area contributed by atoms with Crippen LogP contribution in [0.3, 0.4) is 0 Å². The third kappa shape index (κ3) is 2.98. The molecule has 7 heteroatoms. The van der Waals surface area contributed by atoms with E-state index < -0.39 is 5.60 Å². The normalized spacial score (nSPS) is 25.6. The second-order valence-corrected chi connectivity index (χ2v) is 6.42. The van der Waals surface area contributed by atoms with Gasteiger partial charge in [-0.25, -0.2) is 4.79 Å². The van der Waals surface area contributed by atoms with Crippen LogP contribution in [0.5, 0.6) is 0 Å². The number of carbonyl (C=O) groups is 1. The zero-order valence-electron chi connectivity index (χ0n) is 13.8. The highest BCUT2D eigenvalue weighted by Crippen LogP contribution is 2.32. The van der Waals surface area contributed by atoms with Gasteiger partial charge in [0.15, 0.2) is 0 Å². The molecule has 130 valence electrons. The number of hydrogen-bond acceptors (Lipinski definition) is 4. The SMILES string of the molecule is O=C(N1C=COC(C2=CC=CCC2)=C1)N1CCC(O)(c2ccn[nH]2)C1. The summed E-state index contributed by atoms with van der Waals surface area (Å²) in [7, 11) is 0. The van der Waals surface area contributed by atoms with Gasteiger partial charge in [-0.15, -0.1) is 0 Å². The average molecular weight is 340 g/mol. The van der Waals surface area contributed by atoms with Gasteiger partial charge in [-0.2, -0.15) is 5.10 Å². The zero-order valence-corrected chi connectivity index (χ0v) is 13.8. The minimum atomic E-state index is -1.08. The van der Waals surface area contributed by atoms with Crippen molar-refractivity contribution < 1.29 is 14.6 Å². The molecule has 0 aromatic carbocycles. The predicted molar refractivity (Wildman–Crippen MR) is 90.7 cm³/mol. The van der Waals surface area contributed by atoms with Crippen LogP contribution in [0, 0.1) is 0 Å². The fourth-order valence-corrected chi connectivity index (χ4v) is 3.31. The van der Waals surface area contributed by atoms with Gasteiger partial charge in [-0.1, -0.05) is 18.2 Å². The minimum Gasteiger partial charge on any atom is -0.462 e. The molecule has 1 aromatic rings. The van der Waals surface area contributed by atoms with Crippen LogP contribution in [0.1, 0.15) is 25.0 Å². The number of H-pyrrole nitrogens is 1. The van der Waals surface area contributed by atoms with Gasteiger partial charge in [0.05, 0.1) is 18.4 Å². The summed E-state index contributed by atoms with van der Waals surface area (Å²) in [6, 6.07) is 1.56. The van der Waals surface area contributed by atoms with E-state index in [1.54, 1.807) is 29.6 Å². The van der Waals surface area contributed by atoms with Crippen LogP contribution in [0.4, 0.5) is 4.79 Å². The van der Waals surface area contributed by atoms with Crippen molar-refractivity contribution in [2.75, 3.05) is 13.1 Å². The maximum atomic E-state index is 12.8. The number of aromatic nitrogens is 2. The highest BCUT2D eigenvalue weighted by molar-refractivity contribution is 5.77. The van der Waals surface area contributed by atoms with E-state index in [9.17, 15) is 9.90 Å². The van der Waals surface area contributed by atoms with Crippen LogP contribution in [0.15, 0.2) is 60.5 Å². The number of rotatable bonds is 2. The van der Waals surface area contributed by atoms with Gasteiger partial charge >= 0.3 is 6.03 Å². The lowest BCUT2D eigenvalue weighted by Gasteiger charge is -2.27. The Bertz CT molecular complexity index is 778. The first-order valence-electron chi connectivity index (χ1n) is 8.36. The van der Waals surface area contributed by atoms with Crippen LogP contribution in [-0.4, -0.2) is 44.2 Å². The number of ether oxygens (including phenoxy) is 1. The van der Waals surface area contributed by atoms with Crippen LogP contribution in [0.2, 0.25) is 0 Å². The summed E-state index contributed by atoms with van der Waals surface area (Å²) in [5.74, 6) is 0.684. The first-order valence-corrected chi connectivity index (χ1v) is 8.36. The first-order chi connectivity index (χ1) is 12.2. The Kier molecular flexibility index (Phi) is 3.93. The number of carbonyl (C=O) groups excluding carboxylic acids is 1. The number of aromatic amines is 1. The molecule has 1 fully saturated rings. The van der Waals surface area contributed by atoms with Crippen molar-refractivity contribution in [3.63, 3.8) is 0 Å². The zero-order chi connectivity index (χ0) is 17.3. The Morgan fingerprint density at radius 1 is 1.44 bits per heavy atom. The lowest BCUT2D eigenvalue weighted by Crippen LogP contribution is -2.40. The number of amides is 2. The van der Waals surface area contributed by atoms with Crippen molar-refractivity contribution in [1.82, 2.24) is 20.0 Å². The molecule has 1 aliphatic carbocycles. The van der Waals surface area contributed by atoms with E-state index in [-0.39, 0.29) is 12.6 Å². The molecule has 3 heterocycles. The number of urea groups is 1. The fourth-order valence-electron chi connectivity index (χ4n) is 3.31. The Balaban J connectivity index is 1.48. The highest BCUT2D eigenvalue weighted by atomic mass is 16.5. The summed E-state index contributed by atoms with van der Waals surface area (Å²) in [4.78, 5) is 16.0. The van der Waals surface area contributed by atoms with Gasteiger partial charge in [0.1, 0.15) is 17.6 Å². The van der Waals surface area contributed by atoms with Gasteiger partial charge in [0.25, 0.3) is 0 Å². The lowest BCUT2D eigenvalue weighted by atomic mass is 9.99. The smallest absolute Gasteiger partial charge is 0.328 e. The second kappa shape index (κ2) is 6.25. The number of allylic oxidation sites excluding steroid dienone is 4. The molecule has 2 aliphatic heterocycles. The van der Waals surface area contributed by atoms with Gasteiger partial charge in [-0.05, 0) is 24.5 Å². The molecule has 1 aromatic heterocycles. The molecule has 4 rings (SSSR count). The number of aliphatic hydroxyl groups is 1.